The molecular weight excluding hydrogens is 240 g/mol. The molecule has 0 heterocycles. The van der Waals surface area contributed by atoms with Crippen molar-refractivity contribution in [1.29, 1.82) is 0 Å². The Hall–Kier alpha value is -0.520. The predicted molar refractivity (Wildman–Crippen MR) is 94.2 cm³/mol. The van der Waals surface area contributed by atoms with E-state index in [1.54, 1.807) is 11.1 Å². The fourth-order valence-corrected chi connectivity index (χ4v) is 2.32. The normalized spacial score (nSPS) is 13.9. The van der Waals surface area contributed by atoms with Crippen molar-refractivity contribution < 1.29 is 0 Å². The van der Waals surface area contributed by atoms with E-state index in [1.807, 2.05) is 0 Å². The monoisotopic (exact) mass is 278 g/mol. The van der Waals surface area contributed by atoms with Gasteiger partial charge in [-0.05, 0) is 50.9 Å². The maximum Gasteiger partial charge on any atom is -0.0288 e. The van der Waals surface area contributed by atoms with Gasteiger partial charge in [-0.2, -0.15) is 0 Å². The second-order valence-corrected chi connectivity index (χ2v) is 7.01. The Balaban J connectivity index is 4.26. The van der Waals surface area contributed by atoms with E-state index in [1.165, 1.54) is 57.8 Å². The molecule has 0 fully saturated rings. The van der Waals surface area contributed by atoms with Gasteiger partial charge in [0.05, 0.1) is 0 Å². The van der Waals surface area contributed by atoms with E-state index in [2.05, 4.69) is 53.7 Å². The van der Waals surface area contributed by atoms with Crippen LogP contribution >= 0.6 is 0 Å². The van der Waals surface area contributed by atoms with Crippen LogP contribution < -0.4 is 0 Å². The maximum absolute atomic E-state index is 2.53. The summed E-state index contributed by atoms with van der Waals surface area (Å²) in [4.78, 5) is 0. The molecular formula is C20H38. The zero-order chi connectivity index (χ0) is 15.4. The summed E-state index contributed by atoms with van der Waals surface area (Å²) in [5.41, 5.74) is 3.76. The minimum absolute atomic E-state index is 0.504. The number of allylic oxidation sites excluding steroid dienone is 4. The van der Waals surface area contributed by atoms with Gasteiger partial charge < -0.3 is 0 Å². The van der Waals surface area contributed by atoms with Crippen LogP contribution in [0.15, 0.2) is 23.3 Å². The van der Waals surface area contributed by atoms with Gasteiger partial charge in [0.15, 0.2) is 0 Å². The molecule has 0 aromatic rings. The molecule has 0 aliphatic heterocycles. The SMILES string of the molecule is CCC/C=C(\C)CC/C=C(\CCC)CCC(C)(C)CC. The van der Waals surface area contributed by atoms with Gasteiger partial charge in [-0.1, -0.05) is 77.2 Å². The largest absolute Gasteiger partial charge is 0.0856 e. The van der Waals surface area contributed by atoms with E-state index in [9.17, 15) is 0 Å². The first-order chi connectivity index (χ1) is 9.45. The molecule has 0 radical (unpaired) electrons. The van der Waals surface area contributed by atoms with Crippen molar-refractivity contribution in [3.8, 4) is 0 Å². The Morgan fingerprint density at radius 3 is 2.10 bits per heavy atom. The number of hydrogen-bond donors (Lipinski definition) is 0. The molecule has 0 aliphatic rings. The zero-order valence-electron chi connectivity index (χ0n) is 15.0. The Kier molecular flexibility index (Phi) is 10.9. The highest BCUT2D eigenvalue weighted by Crippen LogP contribution is 2.29. The standard InChI is InChI=1S/C20H38/c1-7-10-13-18(4)14-11-15-19(12-8-2)16-17-20(5,6)9-3/h13,15H,7-12,14,16-17H2,1-6H3/b18-13+,19-15+. The van der Waals surface area contributed by atoms with Crippen LogP contribution in [0.5, 0.6) is 0 Å². The van der Waals surface area contributed by atoms with Crippen molar-refractivity contribution >= 4 is 0 Å². The van der Waals surface area contributed by atoms with Gasteiger partial charge >= 0.3 is 0 Å². The van der Waals surface area contributed by atoms with Crippen LogP contribution in [0.25, 0.3) is 0 Å². The van der Waals surface area contributed by atoms with Gasteiger partial charge in [0.2, 0.25) is 0 Å². The lowest BCUT2D eigenvalue weighted by Crippen LogP contribution is -2.09. The van der Waals surface area contributed by atoms with Crippen LogP contribution in [0, 0.1) is 5.41 Å². The summed E-state index contributed by atoms with van der Waals surface area (Å²) in [6.45, 7) is 13.9. The molecule has 0 aliphatic carbocycles. The van der Waals surface area contributed by atoms with Gasteiger partial charge in [-0.3, -0.25) is 0 Å². The Bertz CT molecular complexity index is 291. The molecule has 0 unspecified atom stereocenters. The van der Waals surface area contributed by atoms with Crippen molar-refractivity contribution in [3.05, 3.63) is 23.3 Å². The van der Waals surface area contributed by atoms with Crippen LogP contribution in [-0.4, -0.2) is 0 Å². The summed E-state index contributed by atoms with van der Waals surface area (Å²) in [6, 6.07) is 0. The highest BCUT2D eigenvalue weighted by Gasteiger charge is 2.14. The van der Waals surface area contributed by atoms with E-state index in [4.69, 9.17) is 0 Å². The number of hydrogen-bond acceptors (Lipinski definition) is 0. The van der Waals surface area contributed by atoms with Crippen LogP contribution in [0.3, 0.4) is 0 Å². The Morgan fingerprint density at radius 1 is 0.850 bits per heavy atom. The summed E-state index contributed by atoms with van der Waals surface area (Å²) in [5, 5.41) is 0. The third-order valence-corrected chi connectivity index (χ3v) is 4.40. The summed E-state index contributed by atoms with van der Waals surface area (Å²) >= 11 is 0. The molecule has 0 saturated carbocycles. The molecule has 0 aromatic carbocycles. The van der Waals surface area contributed by atoms with E-state index in [0.717, 1.165) is 0 Å². The van der Waals surface area contributed by atoms with Crippen LogP contribution in [0.1, 0.15) is 99.3 Å². The van der Waals surface area contributed by atoms with Gasteiger partial charge in [0.1, 0.15) is 0 Å². The van der Waals surface area contributed by atoms with Crippen molar-refractivity contribution in [3.63, 3.8) is 0 Å². The first-order valence-electron chi connectivity index (χ1n) is 8.78. The molecule has 0 heteroatoms. The average Bonchev–Trinajstić information content (AvgIpc) is 2.42. The van der Waals surface area contributed by atoms with Gasteiger partial charge in [0.25, 0.3) is 0 Å². The first-order valence-corrected chi connectivity index (χ1v) is 8.78. The van der Waals surface area contributed by atoms with Crippen LogP contribution in [0.4, 0.5) is 0 Å². The topological polar surface area (TPSA) is 0 Å². The van der Waals surface area contributed by atoms with Crippen molar-refractivity contribution in [2.75, 3.05) is 0 Å². The smallest absolute Gasteiger partial charge is 0.0288 e. The lowest BCUT2D eigenvalue weighted by Gasteiger charge is -2.23. The highest BCUT2D eigenvalue weighted by molar-refractivity contribution is 5.06. The maximum atomic E-state index is 2.53. The molecule has 0 saturated heterocycles. The summed E-state index contributed by atoms with van der Waals surface area (Å²) in [7, 11) is 0. The lowest BCUT2D eigenvalue weighted by atomic mass is 9.83. The number of rotatable bonds is 11. The van der Waals surface area contributed by atoms with Crippen molar-refractivity contribution in [2.24, 2.45) is 5.41 Å². The van der Waals surface area contributed by atoms with Gasteiger partial charge in [0, 0.05) is 0 Å². The van der Waals surface area contributed by atoms with E-state index < -0.39 is 0 Å². The molecule has 0 amide bonds. The minimum atomic E-state index is 0.504. The van der Waals surface area contributed by atoms with Crippen molar-refractivity contribution in [2.45, 2.75) is 99.3 Å². The molecule has 0 nitrogen and oxygen atoms in total. The van der Waals surface area contributed by atoms with Gasteiger partial charge in [-0.15, -0.1) is 0 Å². The Labute approximate surface area is 128 Å². The minimum Gasteiger partial charge on any atom is -0.0856 e. The average molecular weight is 279 g/mol. The van der Waals surface area contributed by atoms with E-state index >= 15 is 0 Å². The Morgan fingerprint density at radius 2 is 1.55 bits per heavy atom. The fourth-order valence-electron chi connectivity index (χ4n) is 2.32. The first kappa shape index (κ1) is 19.5. The van der Waals surface area contributed by atoms with Crippen LogP contribution in [-0.2, 0) is 0 Å². The van der Waals surface area contributed by atoms with Crippen molar-refractivity contribution in [1.82, 2.24) is 0 Å². The molecule has 0 spiro atoms. The third kappa shape index (κ3) is 10.3. The zero-order valence-corrected chi connectivity index (χ0v) is 15.0. The number of unbranched alkanes of at least 4 members (excludes halogenated alkanes) is 1. The quantitative estimate of drug-likeness (QED) is 0.344. The molecule has 0 aromatic heterocycles. The van der Waals surface area contributed by atoms with Crippen LogP contribution in [0.2, 0.25) is 0 Å². The van der Waals surface area contributed by atoms with Gasteiger partial charge in [-0.25, -0.2) is 0 Å². The lowest BCUT2D eigenvalue weighted by molar-refractivity contribution is 0.320. The summed E-state index contributed by atoms with van der Waals surface area (Å²) in [6.07, 6.45) is 16.4. The molecule has 0 N–H and O–H groups in total. The second kappa shape index (κ2) is 11.2. The molecule has 0 bridgehead atoms. The highest BCUT2D eigenvalue weighted by atomic mass is 14.2. The van der Waals surface area contributed by atoms with E-state index in [-0.39, 0.29) is 0 Å². The van der Waals surface area contributed by atoms with E-state index in [0.29, 0.717) is 5.41 Å². The summed E-state index contributed by atoms with van der Waals surface area (Å²) < 4.78 is 0. The molecule has 0 atom stereocenters. The molecule has 0 rings (SSSR count). The molecule has 20 heavy (non-hydrogen) atoms. The molecule has 118 valence electrons. The second-order valence-electron chi connectivity index (χ2n) is 7.01. The predicted octanol–water partition coefficient (Wildman–Crippen LogP) is 7.46. The summed E-state index contributed by atoms with van der Waals surface area (Å²) in [5.74, 6) is 0. The third-order valence-electron chi connectivity index (χ3n) is 4.40. The fraction of sp³-hybridized carbons (Fsp3) is 0.800.